The van der Waals surface area contributed by atoms with Gasteiger partial charge in [-0.05, 0) is 16.1 Å². The van der Waals surface area contributed by atoms with Gasteiger partial charge in [-0.15, -0.1) is 0 Å². The van der Waals surface area contributed by atoms with Gasteiger partial charge in [0.25, 0.3) is 0 Å². The molecular weight excluding hydrogens is 299 g/mol. The zero-order chi connectivity index (χ0) is 10.2. The molecule has 74 valence electrons. The Bertz CT molecular complexity index is 333. The lowest BCUT2D eigenvalue weighted by molar-refractivity contribution is 0.0540. The fraction of sp³-hybridized carbons (Fsp3) is 0.222. The number of hydrogen-bond donors (Lipinski definition) is 0. The summed E-state index contributed by atoms with van der Waals surface area (Å²) in [6, 6.07) is 3.42. The van der Waals surface area contributed by atoms with Gasteiger partial charge in [-0.2, -0.15) is 0 Å². The second-order valence-electron chi connectivity index (χ2n) is 2.18. The van der Waals surface area contributed by atoms with Gasteiger partial charge in [-0.3, -0.25) is 0 Å². The van der Waals surface area contributed by atoms with E-state index >= 15 is 0 Å². The number of hydrogen-bond acceptors (Lipinski definition) is 4. The summed E-state index contributed by atoms with van der Waals surface area (Å²) in [4.78, 5) is 10.9. The minimum absolute atomic E-state index is 0.0416. The molecule has 1 rings (SSSR count). The highest BCUT2D eigenvalue weighted by atomic mass is 127. The maximum Gasteiger partial charge on any atom is 0.509 e. The average Bonchev–Trinajstić information content (AvgIpc) is 2.68. The van der Waals surface area contributed by atoms with Gasteiger partial charge in [0.15, 0.2) is 13.2 Å². The summed E-state index contributed by atoms with van der Waals surface area (Å²) in [5.74, 6) is 3.13. The van der Waals surface area contributed by atoms with Crippen LogP contribution in [0.3, 0.4) is 0 Å². The summed E-state index contributed by atoms with van der Waals surface area (Å²) >= 11 is 1.86. The van der Waals surface area contributed by atoms with Crippen LogP contribution >= 0.6 is 22.6 Å². The number of ether oxygens (including phenoxy) is 2. The van der Waals surface area contributed by atoms with Crippen LogP contribution in [0.4, 0.5) is 4.79 Å². The smallest absolute Gasteiger partial charge is 0.466 e. The molecule has 0 fully saturated rings. The highest BCUT2D eigenvalue weighted by molar-refractivity contribution is 14.1. The van der Waals surface area contributed by atoms with Crippen LogP contribution in [0.2, 0.25) is 0 Å². The molecule has 4 nitrogen and oxygen atoms in total. The summed E-state index contributed by atoms with van der Waals surface area (Å²) in [7, 11) is 0. The van der Waals surface area contributed by atoms with Crippen LogP contribution in [-0.4, -0.2) is 12.8 Å². The minimum Gasteiger partial charge on any atom is -0.466 e. The molecule has 1 aromatic rings. The Kier molecular flexibility index (Phi) is 4.93. The molecule has 0 unspecified atom stereocenters. The molecule has 0 amide bonds. The summed E-state index contributed by atoms with van der Waals surface area (Å²) in [5, 5.41) is 0. The van der Waals surface area contributed by atoms with Crippen molar-refractivity contribution >= 4 is 28.7 Å². The van der Waals surface area contributed by atoms with Crippen LogP contribution in [0, 0.1) is 9.85 Å². The maximum absolute atomic E-state index is 10.9. The van der Waals surface area contributed by atoms with E-state index in [1.165, 1.54) is 6.26 Å². The first kappa shape index (κ1) is 10.9. The number of halogens is 1. The van der Waals surface area contributed by atoms with E-state index < -0.39 is 6.16 Å². The van der Waals surface area contributed by atoms with Gasteiger partial charge < -0.3 is 13.9 Å². The van der Waals surface area contributed by atoms with Gasteiger partial charge in [-0.25, -0.2) is 4.79 Å². The van der Waals surface area contributed by atoms with Gasteiger partial charge in [0.05, 0.1) is 6.26 Å². The van der Waals surface area contributed by atoms with Crippen molar-refractivity contribution in [2.45, 2.75) is 6.61 Å². The molecule has 0 spiro atoms. The highest BCUT2D eigenvalue weighted by Gasteiger charge is 2.04. The van der Waals surface area contributed by atoms with Crippen molar-refractivity contribution in [2.75, 3.05) is 6.61 Å². The molecule has 0 radical (unpaired) electrons. The lowest BCUT2D eigenvalue weighted by atomic mass is 10.5. The zero-order valence-electron chi connectivity index (χ0n) is 7.16. The number of furan rings is 1. The Morgan fingerprint density at radius 3 is 3.07 bits per heavy atom. The average molecular weight is 306 g/mol. The van der Waals surface area contributed by atoms with E-state index in [9.17, 15) is 4.79 Å². The molecule has 1 aromatic heterocycles. The van der Waals surface area contributed by atoms with Crippen molar-refractivity contribution in [1.29, 1.82) is 0 Å². The third-order valence-corrected chi connectivity index (χ3v) is 1.62. The van der Waals surface area contributed by atoms with E-state index in [1.54, 1.807) is 12.1 Å². The number of rotatable bonds is 3. The summed E-state index contributed by atoms with van der Waals surface area (Å²) < 4.78 is 16.8. The molecule has 0 saturated carbocycles. The second-order valence-corrected chi connectivity index (χ2v) is 2.72. The quantitative estimate of drug-likeness (QED) is 0.488. The first-order valence-electron chi connectivity index (χ1n) is 3.73. The van der Waals surface area contributed by atoms with Crippen molar-refractivity contribution in [1.82, 2.24) is 0 Å². The number of carbonyl (C=O) groups is 1. The molecule has 5 heteroatoms. The summed E-state index contributed by atoms with van der Waals surface area (Å²) in [6.45, 7) is 0.115. The SMILES string of the molecule is O=C(OCC#CI)OCc1ccco1. The van der Waals surface area contributed by atoms with E-state index in [0.717, 1.165) is 0 Å². The Morgan fingerprint density at radius 2 is 2.43 bits per heavy atom. The van der Waals surface area contributed by atoms with Gasteiger partial charge in [-0.1, -0.05) is 5.92 Å². The first-order chi connectivity index (χ1) is 6.83. The van der Waals surface area contributed by atoms with Crippen LogP contribution in [-0.2, 0) is 16.1 Å². The predicted octanol–water partition coefficient (Wildman–Crippen LogP) is 2.33. The van der Waals surface area contributed by atoms with Crippen LogP contribution in [0.25, 0.3) is 0 Å². The Balaban J connectivity index is 2.17. The molecular formula is C9H7IO4. The molecule has 0 bridgehead atoms. The van der Waals surface area contributed by atoms with Gasteiger partial charge in [0, 0.05) is 22.6 Å². The van der Waals surface area contributed by atoms with Crippen LogP contribution < -0.4 is 0 Å². The molecule has 0 aliphatic rings. The molecule has 0 aromatic carbocycles. The lowest BCUT2D eigenvalue weighted by Crippen LogP contribution is -2.07. The normalized spacial score (nSPS) is 8.64. The van der Waals surface area contributed by atoms with Crippen molar-refractivity contribution in [3.8, 4) is 9.85 Å². The van der Waals surface area contributed by atoms with Crippen molar-refractivity contribution in [3.05, 3.63) is 24.2 Å². The molecule has 0 N–H and O–H groups in total. The molecule has 0 saturated heterocycles. The molecule has 0 aliphatic heterocycles. The van der Waals surface area contributed by atoms with E-state index in [1.807, 2.05) is 22.6 Å². The van der Waals surface area contributed by atoms with Crippen molar-refractivity contribution in [2.24, 2.45) is 0 Å². The summed E-state index contributed by atoms with van der Waals surface area (Å²) in [6.07, 6.45) is 0.756. The van der Waals surface area contributed by atoms with Crippen LogP contribution in [0.5, 0.6) is 0 Å². The van der Waals surface area contributed by atoms with Crippen molar-refractivity contribution < 1.29 is 18.7 Å². The fourth-order valence-electron chi connectivity index (χ4n) is 0.689. The molecule has 0 aliphatic carbocycles. The Morgan fingerprint density at radius 1 is 1.57 bits per heavy atom. The van der Waals surface area contributed by atoms with E-state index in [-0.39, 0.29) is 13.2 Å². The topological polar surface area (TPSA) is 48.7 Å². The monoisotopic (exact) mass is 306 g/mol. The molecule has 0 atom stereocenters. The second kappa shape index (κ2) is 6.32. The lowest BCUT2D eigenvalue weighted by Gasteiger charge is -2.00. The van der Waals surface area contributed by atoms with E-state index in [2.05, 4.69) is 14.6 Å². The standard InChI is InChI=1S/C9H7IO4/c10-4-2-6-13-9(11)14-7-8-3-1-5-12-8/h1,3,5H,6-7H2. The van der Waals surface area contributed by atoms with Gasteiger partial charge in [0.2, 0.25) is 0 Å². The molecule has 14 heavy (non-hydrogen) atoms. The number of carbonyl (C=O) groups excluding carboxylic acids is 1. The van der Waals surface area contributed by atoms with E-state index in [4.69, 9.17) is 9.15 Å². The first-order valence-corrected chi connectivity index (χ1v) is 4.81. The van der Waals surface area contributed by atoms with Crippen LogP contribution in [0.1, 0.15) is 5.76 Å². The van der Waals surface area contributed by atoms with Crippen molar-refractivity contribution in [3.63, 3.8) is 0 Å². The van der Waals surface area contributed by atoms with Gasteiger partial charge >= 0.3 is 6.16 Å². The largest absolute Gasteiger partial charge is 0.509 e. The predicted molar refractivity (Wildman–Crippen MR) is 56.6 cm³/mol. The zero-order valence-corrected chi connectivity index (χ0v) is 9.31. The van der Waals surface area contributed by atoms with Gasteiger partial charge in [0.1, 0.15) is 5.76 Å². The third kappa shape index (κ3) is 4.18. The Hall–Kier alpha value is -1.16. The highest BCUT2D eigenvalue weighted by Crippen LogP contribution is 2.02. The minimum atomic E-state index is -0.749. The van der Waals surface area contributed by atoms with E-state index in [0.29, 0.717) is 5.76 Å². The third-order valence-electron chi connectivity index (χ3n) is 1.24. The van der Waals surface area contributed by atoms with Crippen LogP contribution in [0.15, 0.2) is 22.8 Å². The summed E-state index contributed by atoms with van der Waals surface area (Å²) in [5.41, 5.74) is 0. The fourth-order valence-corrected chi connectivity index (χ4v) is 0.844. The molecule has 1 heterocycles. The maximum atomic E-state index is 10.9. The Labute approximate surface area is 94.7 Å².